The number of rotatable bonds is 4. The van der Waals surface area contributed by atoms with Crippen molar-refractivity contribution < 1.29 is 28.2 Å². The Morgan fingerprint density at radius 2 is 2.05 bits per heavy atom. The molecule has 8 nitrogen and oxygen atoms in total. The maximum Gasteiger partial charge on any atom is 0.329 e. The van der Waals surface area contributed by atoms with E-state index in [4.69, 9.17) is 5.11 Å². The van der Waals surface area contributed by atoms with Crippen LogP contribution in [0.5, 0.6) is 0 Å². The van der Waals surface area contributed by atoms with E-state index >= 15 is 0 Å². The molecule has 3 atom stereocenters. The van der Waals surface area contributed by atoms with E-state index in [0.29, 0.717) is 12.8 Å². The molecule has 1 amide bonds. The Hall–Kier alpha value is -1.19. The number of hydrogen-bond acceptors (Lipinski definition) is 5. The molecule has 0 aromatic heterocycles. The van der Waals surface area contributed by atoms with Crippen LogP contribution in [0.25, 0.3) is 0 Å². The minimum atomic E-state index is -3.52. The van der Waals surface area contributed by atoms with Crippen LogP contribution in [0.4, 0.5) is 0 Å². The third kappa shape index (κ3) is 2.09. The number of aliphatic hydroxyl groups excluding tert-OH is 1. The predicted octanol–water partition coefficient (Wildman–Crippen LogP) is -1.54. The molecule has 2 rings (SSSR count). The Labute approximate surface area is 117 Å². The lowest BCUT2D eigenvalue weighted by molar-refractivity contribution is -0.174. The fraction of sp³-hybridized carbons (Fsp3) is 0.818. The van der Waals surface area contributed by atoms with E-state index in [-0.39, 0.29) is 13.1 Å². The van der Waals surface area contributed by atoms with Crippen molar-refractivity contribution in [2.45, 2.75) is 37.5 Å². The summed E-state index contributed by atoms with van der Waals surface area (Å²) < 4.78 is 24.6. The van der Waals surface area contributed by atoms with Gasteiger partial charge in [0, 0.05) is 6.54 Å². The van der Waals surface area contributed by atoms with E-state index in [1.54, 1.807) is 0 Å². The molecule has 2 unspecified atom stereocenters. The molecule has 2 saturated heterocycles. The van der Waals surface area contributed by atoms with Crippen molar-refractivity contribution in [3.63, 3.8) is 0 Å². The maximum absolute atomic E-state index is 12.3. The van der Waals surface area contributed by atoms with Crippen LogP contribution in [0.1, 0.15) is 19.8 Å². The van der Waals surface area contributed by atoms with Gasteiger partial charge in [-0.1, -0.05) is 0 Å². The van der Waals surface area contributed by atoms with Gasteiger partial charge in [-0.3, -0.25) is 4.79 Å². The summed E-state index contributed by atoms with van der Waals surface area (Å²) >= 11 is 0. The highest BCUT2D eigenvalue weighted by Gasteiger charge is 2.63. The Bertz CT molecular complexity index is 545. The SMILES string of the molecule is CC(O)C(C(=O)O)N1C[C@]2(CCCN2S(C)(=O)=O)C1=O. The number of carbonyl (C=O) groups is 2. The van der Waals surface area contributed by atoms with Gasteiger partial charge in [-0.05, 0) is 19.8 Å². The van der Waals surface area contributed by atoms with Gasteiger partial charge in [-0.25, -0.2) is 13.2 Å². The number of nitrogens with zero attached hydrogens (tertiary/aromatic N) is 2. The monoisotopic (exact) mass is 306 g/mol. The van der Waals surface area contributed by atoms with Crippen molar-refractivity contribution in [2.24, 2.45) is 0 Å². The van der Waals surface area contributed by atoms with Gasteiger partial charge in [0.25, 0.3) is 0 Å². The number of β-lactam (4-membered cyclic amide) rings is 1. The molecule has 2 aliphatic heterocycles. The normalized spacial score (nSPS) is 30.4. The molecule has 0 aliphatic carbocycles. The predicted molar refractivity (Wildman–Crippen MR) is 68.3 cm³/mol. The van der Waals surface area contributed by atoms with Gasteiger partial charge < -0.3 is 15.1 Å². The molecule has 0 radical (unpaired) electrons. The van der Waals surface area contributed by atoms with Crippen molar-refractivity contribution in [2.75, 3.05) is 19.3 Å². The molecular weight excluding hydrogens is 288 g/mol. The van der Waals surface area contributed by atoms with Gasteiger partial charge in [0.1, 0.15) is 5.54 Å². The second-order valence-electron chi connectivity index (χ2n) is 5.43. The van der Waals surface area contributed by atoms with Crippen LogP contribution >= 0.6 is 0 Å². The molecule has 114 valence electrons. The summed E-state index contributed by atoms with van der Waals surface area (Å²) in [4.78, 5) is 24.5. The van der Waals surface area contributed by atoms with E-state index in [2.05, 4.69) is 0 Å². The van der Waals surface area contributed by atoms with Crippen molar-refractivity contribution in [3.05, 3.63) is 0 Å². The van der Waals surface area contributed by atoms with Crippen LogP contribution in [-0.2, 0) is 19.6 Å². The lowest BCUT2D eigenvalue weighted by Gasteiger charge is -2.52. The van der Waals surface area contributed by atoms with Crippen molar-refractivity contribution in [1.82, 2.24) is 9.21 Å². The molecule has 0 aromatic carbocycles. The number of sulfonamides is 1. The topological polar surface area (TPSA) is 115 Å². The fourth-order valence-electron chi connectivity index (χ4n) is 3.13. The quantitative estimate of drug-likeness (QED) is 0.608. The Morgan fingerprint density at radius 3 is 2.45 bits per heavy atom. The summed E-state index contributed by atoms with van der Waals surface area (Å²) in [5, 5.41) is 18.6. The maximum atomic E-state index is 12.3. The fourth-order valence-corrected chi connectivity index (χ4v) is 4.45. The molecule has 2 heterocycles. The standard InChI is InChI=1S/C11H18N2O6S/c1-7(14)8(9(15)16)12-6-11(10(12)17)4-3-5-13(11)20(2,18)19/h7-8,14H,3-6H2,1-2H3,(H,15,16)/t7?,8?,11-/m1/s1. The van der Waals surface area contributed by atoms with Gasteiger partial charge in [-0.15, -0.1) is 0 Å². The Kier molecular flexibility index (Phi) is 3.55. The van der Waals surface area contributed by atoms with Gasteiger partial charge in [0.15, 0.2) is 6.04 Å². The van der Waals surface area contributed by atoms with Gasteiger partial charge in [-0.2, -0.15) is 4.31 Å². The Balaban J connectivity index is 2.25. The van der Waals surface area contributed by atoms with Crippen LogP contribution in [0.3, 0.4) is 0 Å². The van der Waals surface area contributed by atoms with Crippen molar-refractivity contribution in [1.29, 1.82) is 0 Å². The molecule has 0 aromatic rings. The number of hydrogen-bond donors (Lipinski definition) is 2. The molecule has 0 saturated carbocycles. The molecule has 2 N–H and O–H groups in total. The highest BCUT2D eigenvalue weighted by atomic mass is 32.2. The molecule has 1 spiro atoms. The lowest BCUT2D eigenvalue weighted by Crippen LogP contribution is -2.76. The summed E-state index contributed by atoms with van der Waals surface area (Å²) in [5.74, 6) is -1.83. The smallest absolute Gasteiger partial charge is 0.329 e. The highest BCUT2D eigenvalue weighted by molar-refractivity contribution is 7.88. The molecule has 20 heavy (non-hydrogen) atoms. The summed E-state index contributed by atoms with van der Waals surface area (Å²) in [7, 11) is -3.52. The van der Waals surface area contributed by atoms with Crippen LogP contribution < -0.4 is 0 Å². The molecule has 0 bridgehead atoms. The second kappa shape index (κ2) is 4.68. The summed E-state index contributed by atoms with van der Waals surface area (Å²) in [5.41, 5.74) is -1.14. The van der Waals surface area contributed by atoms with Gasteiger partial charge in [0.05, 0.1) is 18.9 Å². The number of aliphatic carboxylic acids is 1. The van der Waals surface area contributed by atoms with Gasteiger partial charge >= 0.3 is 5.97 Å². The molecule has 2 fully saturated rings. The lowest BCUT2D eigenvalue weighted by atomic mass is 9.84. The first-order chi connectivity index (χ1) is 9.11. The van der Waals surface area contributed by atoms with E-state index in [1.165, 1.54) is 6.92 Å². The highest BCUT2D eigenvalue weighted by Crippen LogP contribution is 2.41. The number of likely N-dealkylation sites (tertiary alicyclic amines) is 1. The van der Waals surface area contributed by atoms with Crippen molar-refractivity contribution in [3.8, 4) is 0 Å². The Morgan fingerprint density at radius 1 is 1.45 bits per heavy atom. The largest absolute Gasteiger partial charge is 0.480 e. The average Bonchev–Trinajstić information content (AvgIpc) is 2.73. The molecular formula is C11H18N2O6S. The molecule has 2 aliphatic rings. The zero-order valence-corrected chi connectivity index (χ0v) is 12.1. The van der Waals surface area contributed by atoms with Crippen LogP contribution in [0.15, 0.2) is 0 Å². The number of carboxylic acid groups (broad SMARTS) is 1. The summed E-state index contributed by atoms with van der Waals surface area (Å²) in [6.45, 7) is 1.58. The summed E-state index contributed by atoms with van der Waals surface area (Å²) in [6, 6.07) is -1.34. The third-order valence-corrected chi connectivity index (χ3v) is 5.30. The van der Waals surface area contributed by atoms with Gasteiger partial charge in [0.2, 0.25) is 15.9 Å². The van der Waals surface area contributed by atoms with Crippen LogP contribution in [0, 0.1) is 0 Å². The first-order valence-electron chi connectivity index (χ1n) is 6.31. The number of amides is 1. The number of carboxylic acids is 1. The minimum absolute atomic E-state index is 0.0147. The van der Waals surface area contributed by atoms with E-state index in [0.717, 1.165) is 15.5 Å². The van der Waals surface area contributed by atoms with E-state index in [1.807, 2.05) is 0 Å². The number of carbonyl (C=O) groups excluding carboxylic acids is 1. The number of aliphatic hydroxyl groups is 1. The van der Waals surface area contributed by atoms with Crippen LogP contribution in [-0.4, -0.2) is 76.7 Å². The first kappa shape index (κ1) is 15.2. The minimum Gasteiger partial charge on any atom is -0.480 e. The van der Waals surface area contributed by atoms with Crippen LogP contribution in [0.2, 0.25) is 0 Å². The zero-order valence-electron chi connectivity index (χ0n) is 11.3. The van der Waals surface area contributed by atoms with E-state index < -0.39 is 39.6 Å². The van der Waals surface area contributed by atoms with Crippen molar-refractivity contribution >= 4 is 21.9 Å². The first-order valence-corrected chi connectivity index (χ1v) is 8.16. The van der Waals surface area contributed by atoms with E-state index in [9.17, 15) is 23.1 Å². The average molecular weight is 306 g/mol. The summed E-state index contributed by atoms with van der Waals surface area (Å²) in [6.07, 6.45) is 0.780. The third-order valence-electron chi connectivity index (χ3n) is 3.97. The second-order valence-corrected chi connectivity index (χ2v) is 7.33. The zero-order chi connectivity index (χ0) is 15.3. The molecule has 9 heteroatoms.